The summed E-state index contributed by atoms with van der Waals surface area (Å²) < 4.78 is 5.42. The molecule has 1 aliphatic carbocycles. The van der Waals surface area contributed by atoms with Crippen molar-refractivity contribution in [2.75, 3.05) is 26.2 Å². The second-order valence-electron chi connectivity index (χ2n) is 7.78. The number of carbonyl (C=O) groups is 2. The van der Waals surface area contributed by atoms with Crippen LogP contribution in [0.1, 0.15) is 38.3 Å². The summed E-state index contributed by atoms with van der Waals surface area (Å²) in [4.78, 5) is 28.1. The minimum atomic E-state index is -0.976. The number of ether oxygens (including phenoxy) is 1. The Morgan fingerprint density at radius 3 is 2.36 bits per heavy atom. The fraction of sp³-hybridized carbons (Fsp3) is 0.579. The average Bonchev–Trinajstić information content (AvgIpc) is 2.94. The fourth-order valence-corrected chi connectivity index (χ4v) is 3.88. The standard InChI is InChI=1S/C19H26N2O4/c1-18(2,3)25-17(24)20-10-12-21(13-11-20)19(16(22)23)9-8-14-6-4-5-7-15(14)19/h4-7H,8-13H2,1-3H3,(H,22,23). The zero-order valence-electron chi connectivity index (χ0n) is 15.1. The molecule has 3 rings (SSSR count). The maximum atomic E-state index is 12.2. The summed E-state index contributed by atoms with van der Waals surface area (Å²) in [5.41, 5.74) is 0.505. The summed E-state index contributed by atoms with van der Waals surface area (Å²) in [5, 5.41) is 10.0. The Balaban J connectivity index is 1.75. The summed E-state index contributed by atoms with van der Waals surface area (Å²) in [6, 6.07) is 7.80. The van der Waals surface area contributed by atoms with Gasteiger partial charge in [0.05, 0.1) is 0 Å². The number of hydrogen-bond acceptors (Lipinski definition) is 4. The molecule has 1 fully saturated rings. The van der Waals surface area contributed by atoms with Crippen LogP contribution in [0.4, 0.5) is 4.79 Å². The monoisotopic (exact) mass is 346 g/mol. The fourth-order valence-electron chi connectivity index (χ4n) is 3.88. The molecule has 0 bridgehead atoms. The van der Waals surface area contributed by atoms with Gasteiger partial charge in [-0.3, -0.25) is 4.90 Å². The van der Waals surface area contributed by atoms with Gasteiger partial charge in [-0.25, -0.2) is 9.59 Å². The van der Waals surface area contributed by atoms with Gasteiger partial charge in [-0.1, -0.05) is 24.3 Å². The van der Waals surface area contributed by atoms with Crippen molar-refractivity contribution in [2.24, 2.45) is 0 Å². The van der Waals surface area contributed by atoms with E-state index in [0.717, 1.165) is 17.5 Å². The number of benzene rings is 1. The van der Waals surface area contributed by atoms with E-state index in [2.05, 4.69) is 0 Å². The number of rotatable bonds is 2. The van der Waals surface area contributed by atoms with Gasteiger partial charge in [0, 0.05) is 26.2 Å². The second-order valence-corrected chi connectivity index (χ2v) is 7.78. The highest BCUT2D eigenvalue weighted by Gasteiger charge is 2.50. The van der Waals surface area contributed by atoms with Crippen LogP contribution in [0.25, 0.3) is 0 Å². The molecular formula is C19H26N2O4. The normalized spacial score (nSPS) is 24.0. The van der Waals surface area contributed by atoms with Crippen LogP contribution in [0, 0.1) is 0 Å². The third-order valence-electron chi connectivity index (χ3n) is 5.04. The van der Waals surface area contributed by atoms with Crippen molar-refractivity contribution < 1.29 is 19.4 Å². The number of fused-ring (bicyclic) bond motifs is 1. The molecule has 0 spiro atoms. The zero-order valence-corrected chi connectivity index (χ0v) is 15.1. The molecule has 2 aliphatic rings. The molecule has 0 radical (unpaired) electrons. The number of carbonyl (C=O) groups excluding carboxylic acids is 1. The first-order valence-electron chi connectivity index (χ1n) is 8.79. The Kier molecular flexibility index (Phi) is 4.49. The number of aryl methyl sites for hydroxylation is 1. The predicted octanol–water partition coefficient (Wildman–Crippen LogP) is 2.47. The first kappa shape index (κ1) is 17.7. The highest BCUT2D eigenvalue weighted by molar-refractivity contribution is 5.82. The van der Waals surface area contributed by atoms with Crippen molar-refractivity contribution in [3.63, 3.8) is 0 Å². The molecule has 6 heteroatoms. The highest BCUT2D eigenvalue weighted by Crippen LogP contribution is 2.42. The topological polar surface area (TPSA) is 70.1 Å². The number of carboxylic acids is 1. The Bertz CT molecular complexity index is 674. The van der Waals surface area contributed by atoms with E-state index in [4.69, 9.17) is 4.74 Å². The molecule has 0 aromatic heterocycles. The van der Waals surface area contributed by atoms with E-state index in [-0.39, 0.29) is 6.09 Å². The largest absolute Gasteiger partial charge is 0.480 e. The summed E-state index contributed by atoms with van der Waals surface area (Å²) in [7, 11) is 0. The maximum absolute atomic E-state index is 12.2. The third-order valence-corrected chi connectivity index (χ3v) is 5.04. The molecule has 25 heavy (non-hydrogen) atoms. The molecule has 1 atom stereocenters. The van der Waals surface area contributed by atoms with E-state index in [1.807, 2.05) is 49.9 Å². The van der Waals surface area contributed by atoms with Gasteiger partial charge in [-0.05, 0) is 44.7 Å². The van der Waals surface area contributed by atoms with Crippen molar-refractivity contribution in [3.05, 3.63) is 35.4 Å². The van der Waals surface area contributed by atoms with E-state index >= 15 is 0 Å². The summed E-state index contributed by atoms with van der Waals surface area (Å²) >= 11 is 0. The minimum Gasteiger partial charge on any atom is -0.480 e. The molecular weight excluding hydrogens is 320 g/mol. The highest BCUT2D eigenvalue weighted by atomic mass is 16.6. The number of amides is 1. The van der Waals surface area contributed by atoms with E-state index in [1.165, 1.54) is 0 Å². The van der Waals surface area contributed by atoms with E-state index in [0.29, 0.717) is 32.6 Å². The summed E-state index contributed by atoms with van der Waals surface area (Å²) in [5.74, 6) is -0.803. The zero-order chi connectivity index (χ0) is 18.2. The lowest BCUT2D eigenvalue weighted by atomic mass is 9.89. The van der Waals surface area contributed by atoms with Crippen LogP contribution in [0.3, 0.4) is 0 Å². The SMILES string of the molecule is CC(C)(C)OC(=O)N1CCN(C2(C(=O)O)CCc3ccccc32)CC1. The number of hydrogen-bond donors (Lipinski definition) is 1. The van der Waals surface area contributed by atoms with Crippen LogP contribution < -0.4 is 0 Å². The molecule has 1 amide bonds. The summed E-state index contributed by atoms with van der Waals surface area (Å²) in [6.07, 6.45) is 1.02. The van der Waals surface area contributed by atoms with Crippen LogP contribution in [-0.2, 0) is 21.5 Å². The predicted molar refractivity (Wildman–Crippen MR) is 93.5 cm³/mol. The number of carboxylic acid groups (broad SMARTS) is 1. The second kappa shape index (κ2) is 6.33. The van der Waals surface area contributed by atoms with Crippen LogP contribution in [0.2, 0.25) is 0 Å². The lowest BCUT2D eigenvalue weighted by molar-refractivity contribution is -0.154. The van der Waals surface area contributed by atoms with Crippen LogP contribution in [0.15, 0.2) is 24.3 Å². The van der Waals surface area contributed by atoms with Crippen molar-refractivity contribution in [3.8, 4) is 0 Å². The van der Waals surface area contributed by atoms with Crippen molar-refractivity contribution >= 4 is 12.1 Å². The van der Waals surface area contributed by atoms with Gasteiger partial charge < -0.3 is 14.7 Å². The molecule has 1 aromatic carbocycles. The number of aliphatic carboxylic acids is 1. The van der Waals surface area contributed by atoms with Crippen LogP contribution in [-0.4, -0.2) is 58.7 Å². The van der Waals surface area contributed by atoms with E-state index in [9.17, 15) is 14.7 Å². The Labute approximate surface area is 148 Å². The van der Waals surface area contributed by atoms with Gasteiger partial charge in [-0.2, -0.15) is 0 Å². The van der Waals surface area contributed by atoms with Crippen LogP contribution in [0.5, 0.6) is 0 Å². The first-order valence-corrected chi connectivity index (χ1v) is 8.79. The quantitative estimate of drug-likeness (QED) is 0.891. The molecule has 1 aromatic rings. The average molecular weight is 346 g/mol. The van der Waals surface area contributed by atoms with E-state index in [1.54, 1.807) is 4.90 Å². The Morgan fingerprint density at radius 1 is 1.12 bits per heavy atom. The molecule has 136 valence electrons. The Morgan fingerprint density at radius 2 is 1.76 bits per heavy atom. The summed E-state index contributed by atoms with van der Waals surface area (Å²) in [6.45, 7) is 7.54. The van der Waals surface area contributed by atoms with Gasteiger partial charge in [-0.15, -0.1) is 0 Å². The van der Waals surface area contributed by atoms with Crippen LogP contribution >= 0.6 is 0 Å². The van der Waals surface area contributed by atoms with Crippen molar-refractivity contribution in [1.29, 1.82) is 0 Å². The van der Waals surface area contributed by atoms with E-state index < -0.39 is 17.1 Å². The smallest absolute Gasteiger partial charge is 0.410 e. The lowest BCUT2D eigenvalue weighted by Gasteiger charge is -2.43. The third kappa shape index (κ3) is 3.23. The van der Waals surface area contributed by atoms with Gasteiger partial charge in [0.25, 0.3) is 0 Å². The van der Waals surface area contributed by atoms with Gasteiger partial charge in [0.15, 0.2) is 0 Å². The van der Waals surface area contributed by atoms with Crippen molar-refractivity contribution in [1.82, 2.24) is 9.80 Å². The molecule has 0 saturated carbocycles. The molecule has 1 unspecified atom stereocenters. The minimum absolute atomic E-state index is 0.330. The Hall–Kier alpha value is -2.08. The van der Waals surface area contributed by atoms with Gasteiger partial charge >= 0.3 is 12.1 Å². The van der Waals surface area contributed by atoms with Gasteiger partial charge in [0.1, 0.15) is 11.1 Å². The first-order chi connectivity index (χ1) is 11.7. The number of nitrogens with zero attached hydrogens (tertiary/aromatic N) is 2. The lowest BCUT2D eigenvalue weighted by Crippen LogP contribution is -2.59. The van der Waals surface area contributed by atoms with Gasteiger partial charge in [0.2, 0.25) is 0 Å². The maximum Gasteiger partial charge on any atom is 0.410 e. The number of piperazine rings is 1. The molecule has 1 N–H and O–H groups in total. The molecule has 1 aliphatic heterocycles. The molecule has 1 saturated heterocycles. The van der Waals surface area contributed by atoms with Crippen molar-refractivity contribution in [2.45, 2.75) is 44.8 Å². The molecule has 1 heterocycles. The molecule has 6 nitrogen and oxygen atoms in total.